The Kier molecular flexibility index (Phi) is 5.00. The van der Waals surface area contributed by atoms with Gasteiger partial charge in [-0.3, -0.25) is 0 Å². The standard InChI is InChI=1S/C20H31N.ClH/c1-14(2)15-6-8-17-16(12-15)7-9-18-19(3,13-21)10-5-11-20(17,18)4;/h6,8,12,14,18H,5,7,9-11,13,21H2,1-4H3;1H/p-1/t18-,19-,20+;/m0./s1. The molecule has 22 heavy (non-hydrogen) atoms. The van der Waals surface area contributed by atoms with Crippen molar-refractivity contribution in [3.05, 3.63) is 34.9 Å². The molecule has 2 heteroatoms. The zero-order chi connectivity index (χ0) is 15.3. The van der Waals surface area contributed by atoms with Gasteiger partial charge in [-0.05, 0) is 71.6 Å². The summed E-state index contributed by atoms with van der Waals surface area (Å²) >= 11 is 0. The van der Waals surface area contributed by atoms with Gasteiger partial charge in [0, 0.05) is 0 Å². The molecule has 0 heterocycles. The van der Waals surface area contributed by atoms with Crippen molar-refractivity contribution in [2.75, 3.05) is 6.54 Å². The molecule has 0 bridgehead atoms. The van der Waals surface area contributed by atoms with E-state index < -0.39 is 0 Å². The third-order valence-electron chi connectivity index (χ3n) is 6.63. The molecule has 2 aliphatic rings. The first-order chi connectivity index (χ1) is 9.90. The number of hydrogen-bond acceptors (Lipinski definition) is 1. The lowest BCUT2D eigenvalue weighted by Gasteiger charge is -2.55. The van der Waals surface area contributed by atoms with E-state index in [1.807, 2.05) is 0 Å². The van der Waals surface area contributed by atoms with Crippen LogP contribution in [0.5, 0.6) is 0 Å². The summed E-state index contributed by atoms with van der Waals surface area (Å²) in [6, 6.07) is 7.29. The molecule has 0 unspecified atom stereocenters. The van der Waals surface area contributed by atoms with Gasteiger partial charge in [-0.2, -0.15) is 0 Å². The first-order valence-corrected chi connectivity index (χ1v) is 8.74. The van der Waals surface area contributed by atoms with Crippen molar-refractivity contribution in [3.63, 3.8) is 0 Å². The fourth-order valence-corrected chi connectivity index (χ4v) is 5.25. The first-order valence-electron chi connectivity index (χ1n) is 8.74. The average Bonchev–Trinajstić information content (AvgIpc) is 2.46. The highest BCUT2D eigenvalue weighted by Crippen LogP contribution is 2.56. The van der Waals surface area contributed by atoms with E-state index in [0.717, 1.165) is 12.5 Å². The molecule has 1 fully saturated rings. The zero-order valence-electron chi connectivity index (χ0n) is 14.6. The maximum Gasteiger partial charge on any atom is -0.00202 e. The van der Waals surface area contributed by atoms with Crippen LogP contribution in [0.15, 0.2) is 18.2 Å². The van der Waals surface area contributed by atoms with Crippen LogP contribution in [0, 0.1) is 11.3 Å². The summed E-state index contributed by atoms with van der Waals surface area (Å²) < 4.78 is 0. The molecular formula is C20H31ClN-. The largest absolute Gasteiger partial charge is 1.00 e. The predicted molar refractivity (Wildman–Crippen MR) is 90.7 cm³/mol. The quantitative estimate of drug-likeness (QED) is 0.883. The highest BCUT2D eigenvalue weighted by molar-refractivity contribution is 5.42. The topological polar surface area (TPSA) is 26.0 Å². The minimum absolute atomic E-state index is 0. The van der Waals surface area contributed by atoms with Crippen molar-refractivity contribution in [3.8, 4) is 0 Å². The number of halogens is 1. The molecule has 1 saturated carbocycles. The third-order valence-corrected chi connectivity index (χ3v) is 6.63. The van der Waals surface area contributed by atoms with Gasteiger partial charge in [0.2, 0.25) is 0 Å². The molecule has 3 atom stereocenters. The van der Waals surface area contributed by atoms with Gasteiger partial charge in [0.15, 0.2) is 0 Å². The highest BCUT2D eigenvalue weighted by Gasteiger charge is 2.50. The molecular weight excluding hydrogens is 290 g/mol. The van der Waals surface area contributed by atoms with Crippen LogP contribution < -0.4 is 18.1 Å². The van der Waals surface area contributed by atoms with E-state index in [0.29, 0.717) is 16.7 Å². The van der Waals surface area contributed by atoms with E-state index in [-0.39, 0.29) is 12.4 Å². The molecule has 1 aromatic rings. The molecule has 1 aromatic carbocycles. The Labute approximate surface area is 142 Å². The van der Waals surface area contributed by atoms with Gasteiger partial charge in [0.05, 0.1) is 0 Å². The Balaban J connectivity index is 0.00000176. The van der Waals surface area contributed by atoms with Crippen LogP contribution in [0.4, 0.5) is 0 Å². The number of nitrogens with two attached hydrogens (primary N) is 1. The van der Waals surface area contributed by atoms with Crippen LogP contribution >= 0.6 is 0 Å². The van der Waals surface area contributed by atoms with Gasteiger partial charge < -0.3 is 18.1 Å². The van der Waals surface area contributed by atoms with Crippen molar-refractivity contribution in [2.45, 2.75) is 71.1 Å². The summed E-state index contributed by atoms with van der Waals surface area (Å²) in [7, 11) is 0. The lowest BCUT2D eigenvalue weighted by molar-refractivity contribution is -0.00000760. The third kappa shape index (κ3) is 2.61. The van der Waals surface area contributed by atoms with E-state index in [9.17, 15) is 0 Å². The van der Waals surface area contributed by atoms with Gasteiger partial charge in [0.1, 0.15) is 0 Å². The van der Waals surface area contributed by atoms with Gasteiger partial charge >= 0.3 is 0 Å². The fourth-order valence-electron chi connectivity index (χ4n) is 5.25. The summed E-state index contributed by atoms with van der Waals surface area (Å²) in [5.41, 5.74) is 11.6. The van der Waals surface area contributed by atoms with E-state index in [1.165, 1.54) is 37.7 Å². The Morgan fingerprint density at radius 2 is 1.95 bits per heavy atom. The summed E-state index contributed by atoms with van der Waals surface area (Å²) in [6.07, 6.45) is 6.53. The lowest BCUT2D eigenvalue weighted by Crippen LogP contribution is -3.00. The van der Waals surface area contributed by atoms with Gasteiger partial charge in [-0.1, -0.05) is 52.3 Å². The highest BCUT2D eigenvalue weighted by atomic mass is 35.5. The predicted octanol–water partition coefficient (Wildman–Crippen LogP) is 1.78. The molecule has 0 radical (unpaired) electrons. The van der Waals surface area contributed by atoms with Crippen LogP contribution in [0.3, 0.4) is 0 Å². The second-order valence-corrected chi connectivity index (χ2v) is 8.29. The van der Waals surface area contributed by atoms with E-state index in [2.05, 4.69) is 45.9 Å². The Hall–Kier alpha value is -0.530. The second-order valence-electron chi connectivity index (χ2n) is 8.29. The SMILES string of the molecule is CC(C)c1ccc2c(c1)CC[C@H]1[C@](C)(CN)CCC[C@]21C.[Cl-]. The van der Waals surface area contributed by atoms with Crippen LogP contribution in [0.2, 0.25) is 0 Å². The second kappa shape index (κ2) is 6.17. The molecule has 2 N–H and O–H groups in total. The number of fused-ring (bicyclic) bond motifs is 3. The van der Waals surface area contributed by atoms with Gasteiger partial charge in [-0.25, -0.2) is 0 Å². The summed E-state index contributed by atoms with van der Waals surface area (Å²) in [6.45, 7) is 10.4. The van der Waals surface area contributed by atoms with E-state index in [4.69, 9.17) is 5.73 Å². The van der Waals surface area contributed by atoms with Crippen LogP contribution in [0.1, 0.15) is 76.0 Å². The fraction of sp³-hybridized carbons (Fsp3) is 0.700. The van der Waals surface area contributed by atoms with Crippen LogP contribution in [0.25, 0.3) is 0 Å². The van der Waals surface area contributed by atoms with Crippen LogP contribution in [-0.2, 0) is 11.8 Å². The molecule has 0 amide bonds. The molecule has 0 aliphatic heterocycles. The number of rotatable bonds is 2. The minimum atomic E-state index is 0. The molecule has 3 rings (SSSR count). The van der Waals surface area contributed by atoms with Gasteiger partial charge in [-0.15, -0.1) is 0 Å². The van der Waals surface area contributed by atoms with E-state index in [1.54, 1.807) is 11.1 Å². The zero-order valence-corrected chi connectivity index (χ0v) is 15.3. The number of aryl methyl sites for hydroxylation is 1. The Morgan fingerprint density at radius 3 is 2.59 bits per heavy atom. The lowest BCUT2D eigenvalue weighted by atomic mass is 9.50. The van der Waals surface area contributed by atoms with Crippen LogP contribution in [-0.4, -0.2) is 6.54 Å². The van der Waals surface area contributed by atoms with Crippen molar-refractivity contribution in [2.24, 2.45) is 17.1 Å². The van der Waals surface area contributed by atoms with E-state index >= 15 is 0 Å². The summed E-state index contributed by atoms with van der Waals surface area (Å²) in [5, 5.41) is 0. The van der Waals surface area contributed by atoms with Crippen molar-refractivity contribution >= 4 is 0 Å². The Bertz CT molecular complexity index is 539. The van der Waals surface area contributed by atoms with Crippen molar-refractivity contribution in [1.29, 1.82) is 0 Å². The Morgan fingerprint density at radius 1 is 1.23 bits per heavy atom. The maximum absolute atomic E-state index is 6.19. The minimum Gasteiger partial charge on any atom is -1.00 e. The molecule has 0 aromatic heterocycles. The molecule has 1 nitrogen and oxygen atoms in total. The molecule has 2 aliphatic carbocycles. The summed E-state index contributed by atoms with van der Waals surface area (Å²) in [4.78, 5) is 0. The van der Waals surface area contributed by atoms with Gasteiger partial charge in [0.25, 0.3) is 0 Å². The number of benzene rings is 1. The maximum atomic E-state index is 6.19. The smallest absolute Gasteiger partial charge is 0.00202 e. The normalized spacial score (nSPS) is 33.8. The number of hydrogen-bond donors (Lipinski definition) is 1. The average molecular weight is 321 g/mol. The monoisotopic (exact) mass is 320 g/mol. The molecule has 124 valence electrons. The van der Waals surface area contributed by atoms with Crippen molar-refractivity contribution < 1.29 is 12.4 Å². The summed E-state index contributed by atoms with van der Waals surface area (Å²) in [5.74, 6) is 1.38. The van der Waals surface area contributed by atoms with Crippen molar-refractivity contribution in [1.82, 2.24) is 0 Å². The molecule has 0 spiro atoms. The first kappa shape index (κ1) is 17.8. The molecule has 0 saturated heterocycles.